The van der Waals surface area contributed by atoms with Gasteiger partial charge >= 0.3 is 37.7 Å². The van der Waals surface area contributed by atoms with Gasteiger partial charge in [-0.05, 0) is 0 Å². The molecule has 0 nitrogen and oxygen atoms in total. The normalized spacial score (nSPS) is 19.6. The Morgan fingerprint density at radius 1 is 1.08 bits per heavy atom. The maximum Gasteiger partial charge on any atom is 1.00 e. The van der Waals surface area contributed by atoms with Gasteiger partial charge in [0, 0.05) is 0 Å². The molecule has 0 amide bonds. The van der Waals surface area contributed by atoms with Crippen LogP contribution in [0.15, 0.2) is 16.7 Å². The quantitative estimate of drug-likeness (QED) is 0.259. The summed E-state index contributed by atoms with van der Waals surface area (Å²) < 4.78 is 0. The molecule has 12 heavy (non-hydrogen) atoms. The Hall–Kier alpha value is 0.675. The van der Waals surface area contributed by atoms with E-state index in [2.05, 4.69) is 40.7 Å². The molecule has 0 unspecified atom stereocenters. The van der Waals surface area contributed by atoms with Crippen LogP contribution in [-0.4, -0.2) is 0 Å². The van der Waals surface area contributed by atoms with Crippen molar-refractivity contribution in [1.29, 1.82) is 0 Å². The summed E-state index contributed by atoms with van der Waals surface area (Å²) in [6, 6.07) is 0. The van der Waals surface area contributed by atoms with Crippen molar-refractivity contribution in [2.45, 2.75) is 34.6 Å². The first-order valence-electron chi connectivity index (χ1n) is 3.75. The minimum absolute atomic E-state index is 0. The van der Waals surface area contributed by atoms with E-state index in [1.54, 1.807) is 0 Å². The monoisotopic (exact) mass is 150 g/mol. The molecule has 1 aliphatic carbocycles. The van der Waals surface area contributed by atoms with Gasteiger partial charge in [-0.1, -0.05) is 33.1 Å². The third-order valence-corrected chi connectivity index (χ3v) is 2.56. The van der Waals surface area contributed by atoms with Crippen LogP contribution in [0, 0.1) is 11.5 Å². The zero-order valence-electron chi connectivity index (χ0n) is 10.5. The first kappa shape index (κ1) is 15.2. The van der Waals surface area contributed by atoms with Crippen molar-refractivity contribution in [3.63, 3.8) is 0 Å². The van der Waals surface area contributed by atoms with Crippen LogP contribution in [0.5, 0.6) is 0 Å². The summed E-state index contributed by atoms with van der Waals surface area (Å²) in [6.07, 6.45) is 3.44. The number of hydrogen-bond acceptors (Lipinski definition) is 0. The molecule has 0 bridgehead atoms. The van der Waals surface area contributed by atoms with E-state index in [9.17, 15) is 0 Å². The predicted molar refractivity (Wildman–Crippen MR) is 45.7 cm³/mol. The fraction of sp³-hybridized carbons (Fsp3) is 0.600. The van der Waals surface area contributed by atoms with Crippen molar-refractivity contribution in [1.82, 2.24) is 0 Å². The molecular formula is C10H16Li2. The molecule has 0 N–H and O–H groups in total. The molecule has 0 aromatic rings. The zero-order valence-corrected chi connectivity index (χ0v) is 9.50. The number of allylic oxidation sites excluding steroid dienone is 4. The minimum Gasteiger partial charge on any atom is -1.00 e. The molecule has 0 aromatic heterocycles. The standard InChI is InChI=1S/C10H15.2Li.H/c1-7-6-10(4,5)9(3)8(7)2;;;/h1-5H3;;;/q-1;2*+1;-1. The molecule has 0 radical (unpaired) electrons. The van der Waals surface area contributed by atoms with Gasteiger partial charge in [0.15, 0.2) is 0 Å². The van der Waals surface area contributed by atoms with Crippen molar-refractivity contribution in [2.75, 3.05) is 0 Å². The van der Waals surface area contributed by atoms with Crippen molar-refractivity contribution in [3.8, 4) is 0 Å². The van der Waals surface area contributed by atoms with Gasteiger partial charge in [-0.15, -0.1) is 6.92 Å². The third-order valence-electron chi connectivity index (χ3n) is 2.56. The molecule has 0 saturated carbocycles. The number of rotatable bonds is 0. The fourth-order valence-corrected chi connectivity index (χ4v) is 1.41. The van der Waals surface area contributed by atoms with E-state index in [4.69, 9.17) is 0 Å². The summed E-state index contributed by atoms with van der Waals surface area (Å²) in [7, 11) is 0. The van der Waals surface area contributed by atoms with E-state index in [-0.39, 0.29) is 44.6 Å². The summed E-state index contributed by atoms with van der Waals surface area (Å²) in [5.41, 5.74) is 4.39. The second kappa shape index (κ2) is 4.78. The van der Waals surface area contributed by atoms with Crippen LogP contribution < -0.4 is 37.7 Å². The second-order valence-corrected chi connectivity index (χ2v) is 3.62. The Kier molecular flexibility index (Phi) is 6.04. The van der Waals surface area contributed by atoms with E-state index in [1.807, 2.05) is 0 Å². The van der Waals surface area contributed by atoms with Gasteiger partial charge in [-0.2, -0.15) is 11.1 Å². The van der Waals surface area contributed by atoms with Gasteiger partial charge in [0.05, 0.1) is 0 Å². The van der Waals surface area contributed by atoms with Crippen LogP contribution in [0.2, 0.25) is 0 Å². The van der Waals surface area contributed by atoms with E-state index in [0.717, 1.165) is 0 Å². The molecule has 58 valence electrons. The van der Waals surface area contributed by atoms with Crippen molar-refractivity contribution in [2.24, 2.45) is 5.41 Å². The van der Waals surface area contributed by atoms with Crippen LogP contribution in [-0.2, 0) is 0 Å². The molecule has 1 rings (SSSR count). The summed E-state index contributed by atoms with van der Waals surface area (Å²) in [4.78, 5) is 0. The van der Waals surface area contributed by atoms with Crippen LogP contribution in [0.4, 0.5) is 0 Å². The summed E-state index contributed by atoms with van der Waals surface area (Å²) in [6.45, 7) is 10.9. The zero-order chi connectivity index (χ0) is 7.94. The second-order valence-electron chi connectivity index (χ2n) is 3.62. The molecule has 0 aromatic carbocycles. The molecular weight excluding hydrogens is 134 g/mol. The van der Waals surface area contributed by atoms with Gasteiger partial charge < -0.3 is 1.43 Å². The van der Waals surface area contributed by atoms with Gasteiger partial charge in [0.1, 0.15) is 0 Å². The molecule has 0 aliphatic heterocycles. The SMILES string of the molecule is CC1=[C-]C(C)(C)C(C)=C1C.[H-].[Li+].[Li+]. The summed E-state index contributed by atoms with van der Waals surface area (Å²) in [5, 5.41) is 0. The maximum atomic E-state index is 3.44. The van der Waals surface area contributed by atoms with Gasteiger partial charge in [-0.25, -0.2) is 5.57 Å². The van der Waals surface area contributed by atoms with Crippen LogP contribution in [0.1, 0.15) is 36.0 Å². The average molecular weight is 150 g/mol. The molecule has 0 fully saturated rings. The minimum atomic E-state index is 0. The van der Waals surface area contributed by atoms with E-state index in [1.165, 1.54) is 16.7 Å². The first-order chi connectivity index (χ1) is 4.45. The fourth-order valence-electron chi connectivity index (χ4n) is 1.41. The average Bonchev–Trinajstić information content (AvgIpc) is 1.95. The van der Waals surface area contributed by atoms with Crippen molar-refractivity contribution < 1.29 is 39.1 Å². The smallest absolute Gasteiger partial charge is 1.00 e. The Balaban J connectivity index is -0.000000333. The Labute approximate surface area is 102 Å². The maximum absolute atomic E-state index is 3.44. The van der Waals surface area contributed by atoms with Crippen molar-refractivity contribution >= 4 is 0 Å². The summed E-state index contributed by atoms with van der Waals surface area (Å²) >= 11 is 0. The molecule has 1 aliphatic rings. The van der Waals surface area contributed by atoms with Crippen LogP contribution in [0.25, 0.3) is 0 Å². The molecule has 0 saturated heterocycles. The van der Waals surface area contributed by atoms with Crippen molar-refractivity contribution in [3.05, 3.63) is 22.8 Å². The largest absolute Gasteiger partial charge is 1.00 e. The molecule has 2 heteroatoms. The van der Waals surface area contributed by atoms with Crippen LogP contribution >= 0.6 is 0 Å². The van der Waals surface area contributed by atoms with E-state index in [0.29, 0.717) is 0 Å². The third kappa shape index (κ3) is 2.58. The van der Waals surface area contributed by atoms with Gasteiger partial charge in [0.2, 0.25) is 0 Å². The Bertz CT molecular complexity index is 227. The predicted octanol–water partition coefficient (Wildman–Crippen LogP) is -2.77. The molecule has 0 spiro atoms. The Morgan fingerprint density at radius 3 is 1.58 bits per heavy atom. The number of hydrogen-bond donors (Lipinski definition) is 0. The van der Waals surface area contributed by atoms with Gasteiger partial charge in [-0.3, -0.25) is 6.08 Å². The first-order valence-corrected chi connectivity index (χ1v) is 3.75. The van der Waals surface area contributed by atoms with E-state index >= 15 is 0 Å². The van der Waals surface area contributed by atoms with Crippen LogP contribution in [0.3, 0.4) is 0 Å². The molecule has 0 atom stereocenters. The van der Waals surface area contributed by atoms with E-state index < -0.39 is 0 Å². The Morgan fingerprint density at radius 2 is 1.50 bits per heavy atom. The molecule has 0 heterocycles. The summed E-state index contributed by atoms with van der Waals surface area (Å²) in [5.74, 6) is 0. The van der Waals surface area contributed by atoms with Gasteiger partial charge in [0.25, 0.3) is 0 Å². The topological polar surface area (TPSA) is 0 Å².